The van der Waals surface area contributed by atoms with Crippen LogP contribution in [0.2, 0.25) is 20.4 Å². The molecule has 1 aromatic heterocycles. The number of rotatable bonds is 1. The number of benzene rings is 1. The zero-order valence-corrected chi connectivity index (χ0v) is 13.4. The zero-order chi connectivity index (χ0) is 14.3. The Labute approximate surface area is 137 Å². The monoisotopic (exact) mass is 346 g/mol. The third-order valence-corrected chi connectivity index (χ3v) is 4.88. The molecule has 104 valence electrons. The quantitative estimate of drug-likeness (QED) is 0.654. The second kappa shape index (κ2) is 5.61. The highest BCUT2D eigenvalue weighted by Crippen LogP contribution is 2.42. The van der Waals surface area contributed by atoms with Crippen LogP contribution in [0, 0.1) is 0 Å². The number of nitrogens with zero attached hydrogens (tertiary/aromatic N) is 2. The van der Waals surface area contributed by atoms with E-state index in [0.29, 0.717) is 15.7 Å². The van der Waals surface area contributed by atoms with Gasteiger partial charge in [-0.2, -0.15) is 0 Å². The average Bonchev–Trinajstić information content (AvgIpc) is 2.45. The van der Waals surface area contributed by atoms with E-state index >= 15 is 0 Å². The molecule has 2 aromatic rings. The average molecular weight is 348 g/mol. The van der Waals surface area contributed by atoms with Crippen molar-refractivity contribution < 1.29 is 0 Å². The van der Waals surface area contributed by atoms with Crippen molar-refractivity contribution in [2.24, 2.45) is 0 Å². The topological polar surface area (TPSA) is 16.1 Å². The maximum absolute atomic E-state index is 6.25. The lowest BCUT2D eigenvalue weighted by Crippen LogP contribution is -2.30. The summed E-state index contributed by atoms with van der Waals surface area (Å²) in [7, 11) is 0. The smallest absolute Gasteiger partial charge is 0.151 e. The van der Waals surface area contributed by atoms with Gasteiger partial charge in [-0.3, -0.25) is 0 Å². The molecule has 0 atom stereocenters. The molecule has 0 saturated carbocycles. The lowest BCUT2D eigenvalue weighted by molar-refractivity contribution is 0.731. The summed E-state index contributed by atoms with van der Waals surface area (Å²) in [5, 5.41) is 1.05. The molecule has 0 N–H and O–H groups in total. The Balaban J connectivity index is 2.04. The van der Waals surface area contributed by atoms with Gasteiger partial charge in [0.05, 0.1) is 5.69 Å². The van der Waals surface area contributed by atoms with E-state index in [9.17, 15) is 0 Å². The summed E-state index contributed by atoms with van der Waals surface area (Å²) >= 11 is 24.5. The molecule has 0 spiro atoms. The number of fused-ring (bicyclic) bond motifs is 1. The lowest BCUT2D eigenvalue weighted by Gasteiger charge is -2.32. The van der Waals surface area contributed by atoms with Crippen LogP contribution < -0.4 is 4.90 Å². The molecule has 2 nitrogen and oxygen atoms in total. The maximum Gasteiger partial charge on any atom is 0.151 e. The second-order valence-corrected chi connectivity index (χ2v) is 6.08. The Morgan fingerprint density at radius 3 is 2.15 bits per heavy atom. The lowest BCUT2D eigenvalue weighted by atomic mass is 9.99. The van der Waals surface area contributed by atoms with E-state index in [4.69, 9.17) is 46.4 Å². The van der Waals surface area contributed by atoms with Gasteiger partial charge in [-0.15, -0.1) is 0 Å². The van der Waals surface area contributed by atoms with Crippen LogP contribution in [0.25, 0.3) is 0 Å². The van der Waals surface area contributed by atoms with Gasteiger partial charge in [0, 0.05) is 13.1 Å². The maximum atomic E-state index is 6.25. The molecule has 6 heteroatoms. The van der Waals surface area contributed by atoms with Gasteiger partial charge in [0.15, 0.2) is 10.3 Å². The molecular formula is C14H10Cl4N2. The molecule has 1 aromatic carbocycles. The third-order valence-electron chi connectivity index (χ3n) is 3.42. The highest BCUT2D eigenvalue weighted by atomic mass is 35.5. The highest BCUT2D eigenvalue weighted by molar-refractivity contribution is 6.48. The Morgan fingerprint density at radius 1 is 0.900 bits per heavy atom. The second-order valence-electron chi connectivity index (χ2n) is 4.61. The minimum Gasteiger partial charge on any atom is -0.364 e. The molecule has 0 aliphatic carbocycles. The van der Waals surface area contributed by atoms with E-state index in [1.54, 1.807) is 0 Å². The Kier molecular flexibility index (Phi) is 4.00. The van der Waals surface area contributed by atoms with E-state index < -0.39 is 0 Å². The Hall–Kier alpha value is -0.670. The predicted molar refractivity (Wildman–Crippen MR) is 85.5 cm³/mol. The summed E-state index contributed by atoms with van der Waals surface area (Å²) in [6.45, 7) is 1.54. The van der Waals surface area contributed by atoms with Crippen LogP contribution in [-0.4, -0.2) is 11.5 Å². The van der Waals surface area contributed by atoms with Crippen molar-refractivity contribution >= 4 is 52.1 Å². The van der Waals surface area contributed by atoms with Gasteiger partial charge in [-0.25, -0.2) is 4.98 Å². The fourth-order valence-electron chi connectivity index (χ4n) is 2.44. The molecule has 0 fully saturated rings. The molecule has 0 saturated heterocycles. The van der Waals surface area contributed by atoms with Gasteiger partial charge < -0.3 is 4.90 Å². The fraction of sp³-hybridized carbons (Fsp3) is 0.214. The minimum atomic E-state index is 0.176. The minimum absolute atomic E-state index is 0.176. The van der Waals surface area contributed by atoms with Gasteiger partial charge in [0.1, 0.15) is 10.0 Å². The zero-order valence-electron chi connectivity index (χ0n) is 10.3. The molecule has 0 amide bonds. The molecule has 0 bridgehead atoms. The highest BCUT2D eigenvalue weighted by Gasteiger charge is 2.24. The van der Waals surface area contributed by atoms with E-state index in [1.807, 2.05) is 6.07 Å². The summed E-state index contributed by atoms with van der Waals surface area (Å²) in [5.41, 5.74) is 3.27. The first-order valence-corrected chi connectivity index (χ1v) is 7.61. The van der Waals surface area contributed by atoms with E-state index in [2.05, 4.69) is 28.1 Å². The molecule has 0 radical (unpaired) electrons. The van der Waals surface area contributed by atoms with E-state index in [0.717, 1.165) is 19.5 Å². The van der Waals surface area contributed by atoms with Gasteiger partial charge in [-0.1, -0.05) is 70.7 Å². The number of hydrogen-bond acceptors (Lipinski definition) is 2. The van der Waals surface area contributed by atoms with Crippen LogP contribution in [0.1, 0.15) is 11.1 Å². The molecule has 0 unspecified atom stereocenters. The van der Waals surface area contributed by atoms with Crippen LogP contribution in [0.15, 0.2) is 24.3 Å². The predicted octanol–water partition coefficient (Wildman–Crippen LogP) is 5.26. The van der Waals surface area contributed by atoms with Gasteiger partial charge in [0.25, 0.3) is 0 Å². The van der Waals surface area contributed by atoms with Crippen molar-refractivity contribution in [3.8, 4) is 0 Å². The van der Waals surface area contributed by atoms with Gasteiger partial charge in [0.2, 0.25) is 0 Å². The molecule has 20 heavy (non-hydrogen) atoms. The largest absolute Gasteiger partial charge is 0.364 e. The summed E-state index contributed by atoms with van der Waals surface area (Å²) < 4.78 is 0. The molecule has 3 rings (SSSR count). The standard InChI is InChI=1S/C14H10Cl4N2/c15-10-12(11(16)14(18)19-13(10)17)20-6-5-8-3-1-2-4-9(8)7-20/h1-4H,5-7H2. The summed E-state index contributed by atoms with van der Waals surface area (Å²) in [6, 6.07) is 8.32. The Bertz CT molecular complexity index is 646. The molecular weight excluding hydrogens is 338 g/mol. The van der Waals surface area contributed by atoms with Crippen molar-refractivity contribution in [1.29, 1.82) is 0 Å². The Morgan fingerprint density at radius 2 is 1.50 bits per heavy atom. The van der Waals surface area contributed by atoms with Crippen molar-refractivity contribution in [3.05, 3.63) is 55.7 Å². The normalized spacial score (nSPS) is 14.3. The first-order chi connectivity index (χ1) is 9.58. The number of aromatic nitrogens is 1. The summed E-state index contributed by atoms with van der Waals surface area (Å²) in [6.07, 6.45) is 0.931. The van der Waals surface area contributed by atoms with Crippen LogP contribution in [-0.2, 0) is 13.0 Å². The third kappa shape index (κ3) is 2.46. The summed E-state index contributed by atoms with van der Waals surface area (Å²) in [4.78, 5) is 6.00. The molecule has 2 heterocycles. The first-order valence-electron chi connectivity index (χ1n) is 6.09. The SMILES string of the molecule is Clc1nc(Cl)c(Cl)c(N2CCc3ccccc3C2)c1Cl. The van der Waals surface area contributed by atoms with Crippen molar-refractivity contribution in [3.63, 3.8) is 0 Å². The van der Waals surface area contributed by atoms with Crippen molar-refractivity contribution in [2.45, 2.75) is 13.0 Å². The van der Waals surface area contributed by atoms with Gasteiger partial charge in [-0.05, 0) is 17.5 Å². The number of pyridine rings is 1. The van der Waals surface area contributed by atoms with Crippen LogP contribution in [0.4, 0.5) is 5.69 Å². The van der Waals surface area contributed by atoms with Crippen LogP contribution >= 0.6 is 46.4 Å². The van der Waals surface area contributed by atoms with Crippen LogP contribution in [0.5, 0.6) is 0 Å². The van der Waals surface area contributed by atoms with E-state index in [-0.39, 0.29) is 10.3 Å². The molecule has 1 aliphatic rings. The van der Waals surface area contributed by atoms with Crippen molar-refractivity contribution in [1.82, 2.24) is 4.98 Å². The van der Waals surface area contributed by atoms with Crippen molar-refractivity contribution in [2.75, 3.05) is 11.4 Å². The number of hydrogen-bond donors (Lipinski definition) is 0. The van der Waals surface area contributed by atoms with Crippen LogP contribution in [0.3, 0.4) is 0 Å². The summed E-state index contributed by atoms with van der Waals surface area (Å²) in [5.74, 6) is 0. The fourth-order valence-corrected chi connectivity index (χ4v) is 3.39. The van der Waals surface area contributed by atoms with E-state index in [1.165, 1.54) is 11.1 Å². The number of halogens is 4. The number of anilines is 1. The van der Waals surface area contributed by atoms with Gasteiger partial charge >= 0.3 is 0 Å². The first kappa shape index (κ1) is 14.3. The molecule has 1 aliphatic heterocycles.